The molecular weight excluding hydrogens is 226 g/mol. The van der Waals surface area contributed by atoms with Gasteiger partial charge in [0.05, 0.1) is 12.6 Å². The summed E-state index contributed by atoms with van der Waals surface area (Å²) in [7, 11) is 0. The van der Waals surface area contributed by atoms with Gasteiger partial charge in [-0.1, -0.05) is 34.6 Å². The zero-order valence-electron chi connectivity index (χ0n) is 12.3. The maximum atomic E-state index is 10.1. The van der Waals surface area contributed by atoms with Crippen LogP contribution in [0.4, 0.5) is 0 Å². The number of rotatable bonds is 7. The predicted octanol–water partition coefficient (Wildman–Crippen LogP) is 2.97. The Morgan fingerprint density at radius 3 is 2.39 bits per heavy atom. The Hall–Kier alpha value is -0.800. The lowest BCUT2D eigenvalue weighted by molar-refractivity contribution is 0.0132. The third-order valence-corrected chi connectivity index (χ3v) is 3.38. The summed E-state index contributed by atoms with van der Waals surface area (Å²) in [6.07, 6.45) is 0.630. The molecule has 1 aromatic rings. The van der Waals surface area contributed by atoms with E-state index in [1.165, 1.54) is 0 Å². The molecule has 0 saturated heterocycles. The van der Waals surface area contributed by atoms with E-state index in [4.69, 9.17) is 4.42 Å². The van der Waals surface area contributed by atoms with Crippen molar-refractivity contribution in [3.8, 4) is 0 Å². The lowest BCUT2D eigenvalue weighted by Crippen LogP contribution is -2.41. The monoisotopic (exact) mass is 253 g/mol. The molecule has 1 heterocycles. The van der Waals surface area contributed by atoms with Crippen molar-refractivity contribution in [2.75, 3.05) is 6.54 Å². The molecule has 0 bridgehead atoms. The van der Waals surface area contributed by atoms with Crippen LogP contribution in [0.3, 0.4) is 0 Å². The summed E-state index contributed by atoms with van der Waals surface area (Å²) in [6.45, 7) is 11.8. The van der Waals surface area contributed by atoms with Gasteiger partial charge in [0, 0.05) is 18.4 Å². The summed E-state index contributed by atoms with van der Waals surface area (Å²) in [5.74, 6) is 2.26. The highest BCUT2D eigenvalue weighted by Crippen LogP contribution is 2.25. The first-order valence-corrected chi connectivity index (χ1v) is 6.83. The van der Waals surface area contributed by atoms with E-state index in [0.717, 1.165) is 24.5 Å². The Kier molecular flexibility index (Phi) is 5.42. The van der Waals surface area contributed by atoms with Gasteiger partial charge in [0.15, 0.2) is 0 Å². The third-order valence-electron chi connectivity index (χ3n) is 3.38. The largest absolute Gasteiger partial charge is 0.465 e. The smallest absolute Gasteiger partial charge is 0.117 e. The molecule has 1 aromatic heterocycles. The van der Waals surface area contributed by atoms with Crippen molar-refractivity contribution < 1.29 is 9.52 Å². The van der Waals surface area contributed by atoms with Crippen molar-refractivity contribution in [2.24, 2.45) is 11.3 Å². The van der Waals surface area contributed by atoms with Crippen LogP contribution in [0.5, 0.6) is 0 Å². The standard InChI is InChI=1S/C15H27NO2/c1-6-12-7-8-13(18-12)9-16-10-15(4,5)14(17)11(2)3/h7-8,11,14,16-17H,6,9-10H2,1-5H3. The van der Waals surface area contributed by atoms with E-state index >= 15 is 0 Å². The first kappa shape index (κ1) is 15.3. The van der Waals surface area contributed by atoms with Crippen LogP contribution in [-0.2, 0) is 13.0 Å². The molecule has 0 aliphatic carbocycles. The molecule has 0 aliphatic rings. The predicted molar refractivity (Wildman–Crippen MR) is 74.4 cm³/mol. The maximum Gasteiger partial charge on any atom is 0.117 e. The van der Waals surface area contributed by atoms with Crippen LogP contribution in [0, 0.1) is 11.3 Å². The quantitative estimate of drug-likeness (QED) is 0.785. The number of aryl methyl sites for hydroxylation is 1. The normalized spacial score (nSPS) is 14.2. The van der Waals surface area contributed by atoms with Gasteiger partial charge in [-0.15, -0.1) is 0 Å². The van der Waals surface area contributed by atoms with Crippen LogP contribution in [0.15, 0.2) is 16.5 Å². The summed E-state index contributed by atoms with van der Waals surface area (Å²) < 4.78 is 5.63. The van der Waals surface area contributed by atoms with Gasteiger partial charge in [0.2, 0.25) is 0 Å². The summed E-state index contributed by atoms with van der Waals surface area (Å²) in [5, 5.41) is 13.5. The second kappa shape index (κ2) is 6.39. The average molecular weight is 253 g/mol. The van der Waals surface area contributed by atoms with E-state index < -0.39 is 0 Å². The molecule has 3 heteroatoms. The number of aliphatic hydroxyl groups excluding tert-OH is 1. The van der Waals surface area contributed by atoms with Crippen LogP contribution in [0.25, 0.3) is 0 Å². The fraction of sp³-hybridized carbons (Fsp3) is 0.733. The average Bonchev–Trinajstić information content (AvgIpc) is 2.75. The van der Waals surface area contributed by atoms with Crippen molar-refractivity contribution >= 4 is 0 Å². The molecule has 0 aromatic carbocycles. The third kappa shape index (κ3) is 4.14. The van der Waals surface area contributed by atoms with Gasteiger partial charge in [0.25, 0.3) is 0 Å². The van der Waals surface area contributed by atoms with Crippen molar-refractivity contribution in [1.29, 1.82) is 0 Å². The minimum absolute atomic E-state index is 0.131. The lowest BCUT2D eigenvalue weighted by atomic mass is 9.81. The molecule has 0 saturated carbocycles. The first-order valence-electron chi connectivity index (χ1n) is 6.83. The number of furan rings is 1. The Morgan fingerprint density at radius 1 is 1.28 bits per heavy atom. The fourth-order valence-corrected chi connectivity index (χ4v) is 2.22. The van der Waals surface area contributed by atoms with Crippen LogP contribution >= 0.6 is 0 Å². The molecule has 1 atom stereocenters. The van der Waals surface area contributed by atoms with E-state index in [1.54, 1.807) is 0 Å². The molecule has 1 rings (SSSR count). The van der Waals surface area contributed by atoms with Crippen molar-refractivity contribution in [2.45, 2.75) is 53.7 Å². The summed E-state index contributed by atoms with van der Waals surface area (Å²) in [6, 6.07) is 4.03. The second-order valence-corrected chi connectivity index (χ2v) is 6.00. The van der Waals surface area contributed by atoms with Gasteiger partial charge in [-0.3, -0.25) is 0 Å². The highest BCUT2D eigenvalue weighted by Gasteiger charge is 2.29. The Labute approximate surface area is 111 Å². The molecule has 0 fully saturated rings. The minimum atomic E-state index is -0.298. The summed E-state index contributed by atoms with van der Waals surface area (Å²) in [4.78, 5) is 0. The SMILES string of the molecule is CCc1ccc(CNCC(C)(C)C(O)C(C)C)o1. The molecule has 104 valence electrons. The molecule has 2 N–H and O–H groups in total. The van der Waals surface area contributed by atoms with Crippen LogP contribution < -0.4 is 5.32 Å². The number of aliphatic hydroxyl groups is 1. The van der Waals surface area contributed by atoms with E-state index in [-0.39, 0.29) is 17.4 Å². The highest BCUT2D eigenvalue weighted by atomic mass is 16.3. The molecular formula is C15H27NO2. The Balaban J connectivity index is 2.41. The molecule has 0 aliphatic heterocycles. The van der Waals surface area contributed by atoms with E-state index in [2.05, 4.69) is 26.1 Å². The molecule has 3 nitrogen and oxygen atoms in total. The summed E-state index contributed by atoms with van der Waals surface area (Å²) in [5.41, 5.74) is -0.131. The van der Waals surface area contributed by atoms with Gasteiger partial charge in [0.1, 0.15) is 11.5 Å². The fourth-order valence-electron chi connectivity index (χ4n) is 2.22. The van der Waals surface area contributed by atoms with Gasteiger partial charge >= 0.3 is 0 Å². The van der Waals surface area contributed by atoms with Gasteiger partial charge in [-0.25, -0.2) is 0 Å². The van der Waals surface area contributed by atoms with E-state index in [1.807, 2.05) is 26.0 Å². The van der Waals surface area contributed by atoms with Gasteiger partial charge < -0.3 is 14.8 Å². The number of nitrogens with one attached hydrogen (secondary N) is 1. The molecule has 0 radical (unpaired) electrons. The topological polar surface area (TPSA) is 45.4 Å². The highest BCUT2D eigenvalue weighted by molar-refractivity contribution is 5.06. The lowest BCUT2D eigenvalue weighted by Gasteiger charge is -2.33. The second-order valence-electron chi connectivity index (χ2n) is 6.00. The van der Waals surface area contributed by atoms with E-state index in [9.17, 15) is 5.11 Å². The number of hydrogen-bond acceptors (Lipinski definition) is 3. The minimum Gasteiger partial charge on any atom is -0.465 e. The number of hydrogen-bond donors (Lipinski definition) is 2. The molecule has 0 amide bonds. The maximum absolute atomic E-state index is 10.1. The van der Waals surface area contributed by atoms with Crippen LogP contribution in [0.2, 0.25) is 0 Å². The van der Waals surface area contributed by atoms with Crippen molar-refractivity contribution in [1.82, 2.24) is 5.32 Å². The van der Waals surface area contributed by atoms with Crippen molar-refractivity contribution in [3.05, 3.63) is 23.7 Å². The molecule has 18 heavy (non-hydrogen) atoms. The zero-order chi connectivity index (χ0) is 13.8. The Morgan fingerprint density at radius 2 is 1.89 bits per heavy atom. The van der Waals surface area contributed by atoms with Gasteiger partial charge in [-0.2, -0.15) is 0 Å². The first-order chi connectivity index (χ1) is 8.36. The molecule has 1 unspecified atom stereocenters. The zero-order valence-corrected chi connectivity index (χ0v) is 12.3. The summed E-state index contributed by atoms with van der Waals surface area (Å²) >= 11 is 0. The van der Waals surface area contributed by atoms with E-state index in [0.29, 0.717) is 6.54 Å². The van der Waals surface area contributed by atoms with Crippen LogP contribution in [0.1, 0.15) is 46.1 Å². The van der Waals surface area contributed by atoms with Crippen LogP contribution in [-0.4, -0.2) is 17.8 Å². The Bertz CT molecular complexity index is 355. The van der Waals surface area contributed by atoms with Gasteiger partial charge in [-0.05, 0) is 18.1 Å². The van der Waals surface area contributed by atoms with Crippen molar-refractivity contribution in [3.63, 3.8) is 0 Å². The molecule has 0 spiro atoms.